The molecule has 1 fully saturated rings. The highest BCUT2D eigenvalue weighted by Crippen LogP contribution is 2.14. The van der Waals surface area contributed by atoms with E-state index in [0.717, 1.165) is 90.3 Å². The summed E-state index contributed by atoms with van der Waals surface area (Å²) < 4.78 is 34.0. The number of nitrogens with zero attached hydrogens (tertiary/aromatic N) is 1. The molecule has 0 radical (unpaired) electrons. The van der Waals surface area contributed by atoms with Gasteiger partial charge in [-0.25, -0.2) is 0 Å². The predicted molar refractivity (Wildman–Crippen MR) is 347 cm³/mol. The Morgan fingerprint density at radius 1 is 0.427 bits per heavy atom. The highest BCUT2D eigenvalue weighted by molar-refractivity contribution is 5.68. The highest BCUT2D eigenvalue weighted by Gasteiger charge is 2.23. The molecule has 0 aromatic heterocycles. The minimum absolute atomic E-state index is 0.0754. The van der Waals surface area contributed by atoms with Crippen LogP contribution in [0.15, 0.2) is 0 Å². The van der Waals surface area contributed by atoms with E-state index in [1.54, 1.807) is 28.4 Å². The Morgan fingerprint density at radius 3 is 0.951 bits per heavy atom. The first-order valence-corrected chi connectivity index (χ1v) is 32.3. The van der Waals surface area contributed by atoms with E-state index in [2.05, 4.69) is 69.8 Å². The molecule has 82 heavy (non-hydrogen) atoms. The zero-order valence-corrected chi connectivity index (χ0v) is 57.5. The third-order valence-electron chi connectivity index (χ3n) is 10.6. The largest absolute Gasteiger partial charge is 0.468 e. The van der Waals surface area contributed by atoms with Crippen LogP contribution in [0.4, 0.5) is 0 Å². The van der Waals surface area contributed by atoms with Gasteiger partial charge in [0.2, 0.25) is 0 Å². The lowest BCUT2D eigenvalue weighted by atomic mass is 9.96. The van der Waals surface area contributed by atoms with Crippen molar-refractivity contribution in [2.75, 3.05) is 88.2 Å². The van der Waals surface area contributed by atoms with Gasteiger partial charge in [-0.15, -0.1) is 0 Å². The third kappa shape index (κ3) is 147. The Bertz CT molecular complexity index is 1040. The van der Waals surface area contributed by atoms with Crippen LogP contribution in [0.1, 0.15) is 295 Å². The first-order valence-electron chi connectivity index (χ1n) is 32.3. The van der Waals surface area contributed by atoms with Crippen molar-refractivity contribution >= 4 is 44.1 Å². The minimum atomic E-state index is -0.0754. The fourth-order valence-electron chi connectivity index (χ4n) is 6.10. The lowest BCUT2D eigenvalue weighted by Crippen LogP contribution is -2.49. The Morgan fingerprint density at radius 2 is 0.732 bits per heavy atom. The Labute approximate surface area is 509 Å². The predicted octanol–water partition coefficient (Wildman–Crippen LogP) is 17.2. The number of esters is 1. The molecule has 0 unspecified atom stereocenters. The Balaban J connectivity index is -0.0000000890. The maximum atomic E-state index is 10.7. The van der Waals surface area contributed by atoms with Crippen LogP contribution in [-0.4, -0.2) is 143 Å². The first-order chi connectivity index (χ1) is 39.6. The summed E-state index contributed by atoms with van der Waals surface area (Å²) in [6.07, 6.45) is 41.2. The van der Waals surface area contributed by atoms with Crippen molar-refractivity contribution in [1.29, 1.82) is 0 Å². The van der Waals surface area contributed by atoms with E-state index in [0.29, 0.717) is 58.3 Å². The fourth-order valence-corrected chi connectivity index (χ4v) is 6.10. The maximum absolute atomic E-state index is 10.7. The first kappa shape index (κ1) is 101. The van der Waals surface area contributed by atoms with Gasteiger partial charge in [0, 0.05) is 92.3 Å². The normalized spacial score (nSPS) is 10.6. The Hall–Kier alpha value is -3.11. The van der Waals surface area contributed by atoms with Crippen LogP contribution >= 0.6 is 0 Å². The summed E-state index contributed by atoms with van der Waals surface area (Å²) >= 11 is 0. The van der Waals surface area contributed by atoms with Gasteiger partial charge < -0.3 is 52.3 Å². The zero-order chi connectivity index (χ0) is 64.7. The van der Waals surface area contributed by atoms with E-state index in [1.807, 2.05) is 41.7 Å². The number of hydrogen-bond donors (Lipinski definition) is 0. The number of hydrogen-bond acceptors (Lipinski definition) is 15. The molecule has 1 aliphatic heterocycles. The summed E-state index contributed by atoms with van der Waals surface area (Å²) in [4.78, 5) is 69.4. The summed E-state index contributed by atoms with van der Waals surface area (Å²) in [5.41, 5.74) is 0.156. The third-order valence-corrected chi connectivity index (χ3v) is 10.6. The average molecular weight is 1180 g/mol. The number of likely N-dealkylation sites (N-methyl/N-ethyl adjacent to an activating group) is 1. The molecule has 15 nitrogen and oxygen atoms in total. The molecule has 0 atom stereocenters. The van der Waals surface area contributed by atoms with E-state index in [1.165, 1.54) is 148 Å². The summed E-state index contributed by atoms with van der Waals surface area (Å²) in [6.45, 7) is 34.2. The molecule has 0 saturated carbocycles. The van der Waals surface area contributed by atoms with E-state index in [9.17, 15) is 33.6 Å². The van der Waals surface area contributed by atoms with Gasteiger partial charge in [-0.1, -0.05) is 225 Å². The molecule has 0 aromatic rings. The second kappa shape index (κ2) is 109. The van der Waals surface area contributed by atoms with E-state index < -0.39 is 0 Å². The maximum Gasteiger partial charge on any atom is 0.305 e. The van der Waals surface area contributed by atoms with Crippen molar-refractivity contribution in [3.63, 3.8) is 0 Å². The topological polar surface area (TPSA) is 187 Å². The summed E-state index contributed by atoms with van der Waals surface area (Å²) in [6, 6.07) is 0. The van der Waals surface area contributed by atoms with Gasteiger partial charge in [0.15, 0.2) is 0 Å². The molecule has 15 heteroatoms. The van der Waals surface area contributed by atoms with Gasteiger partial charge in [0.1, 0.15) is 31.2 Å². The van der Waals surface area contributed by atoms with Gasteiger partial charge in [-0.3, -0.25) is 19.3 Å². The van der Waals surface area contributed by atoms with Gasteiger partial charge in [-0.2, -0.15) is 0 Å². The number of rotatable bonds is 42. The zero-order valence-electron chi connectivity index (χ0n) is 57.5. The fraction of sp³-hybridized carbons (Fsp3) is 0.896. The van der Waals surface area contributed by atoms with Crippen LogP contribution in [0.3, 0.4) is 0 Å². The summed E-state index contributed by atoms with van der Waals surface area (Å²) in [7, 11) is 8.94. The van der Waals surface area contributed by atoms with Crippen molar-refractivity contribution in [3.8, 4) is 0 Å². The molecular weight excluding hydrogens is 1040 g/mol. The van der Waals surface area contributed by atoms with Crippen molar-refractivity contribution in [3.05, 3.63) is 0 Å². The summed E-state index contributed by atoms with van der Waals surface area (Å²) in [5.74, 6) is -0.0754. The van der Waals surface area contributed by atoms with E-state index in [-0.39, 0.29) is 17.5 Å². The monoisotopic (exact) mass is 1180 g/mol. The molecule has 1 aliphatic rings. The van der Waals surface area contributed by atoms with Crippen LogP contribution in [0.25, 0.3) is 0 Å². The molecule has 0 spiro atoms. The second-order valence-electron chi connectivity index (χ2n) is 20.5. The number of aldehydes is 4. The standard InChI is InChI=1S/C11H22O2.C9H18O2.2C9H20O.C7H16O2.C5H9NO2.2C4H8O.2C3H6O.C3H8/c1-3-5-6-7-8-9-10-13-11(12)4-2;1-2-3-4-5-6-7-8-11-9-10;2*1-3-4-5-6-7-8-9-10-2;1-7(2,5-8-3)6-9-4;1-6-2-5(3-6)8-4-7;2*1-2-3-4-5;2*1-2-3-4;1-3-2/h3-10H2,1-2H3;9H,2-8H2,1H3;2*3-9H2,1-2H3;5-6H2,1-4H3;4-5H,2-3H2,1H3;2*4H,2-3H2,1H3;2*3H,2H2,1H3;3H2,1-2H3. The van der Waals surface area contributed by atoms with Crippen molar-refractivity contribution in [2.24, 2.45) is 5.41 Å². The molecule has 1 saturated heterocycles. The van der Waals surface area contributed by atoms with Crippen molar-refractivity contribution < 1.29 is 66.7 Å². The molecule has 0 bridgehead atoms. The van der Waals surface area contributed by atoms with Gasteiger partial charge in [-0.05, 0) is 45.6 Å². The van der Waals surface area contributed by atoms with Crippen LogP contribution < -0.4 is 0 Å². The number of ether oxygens (including phenoxy) is 7. The second-order valence-corrected chi connectivity index (χ2v) is 20.5. The summed E-state index contributed by atoms with van der Waals surface area (Å²) in [5, 5.41) is 0. The molecule has 1 heterocycles. The number of carbonyl (C=O) groups is 7. The van der Waals surface area contributed by atoms with Gasteiger partial charge in [0.25, 0.3) is 12.9 Å². The average Bonchev–Trinajstić information content (AvgIpc) is 3.46. The molecular formula is C67H141NO14. The van der Waals surface area contributed by atoms with E-state index >= 15 is 0 Å². The van der Waals surface area contributed by atoms with Crippen molar-refractivity contribution in [2.45, 2.75) is 302 Å². The van der Waals surface area contributed by atoms with Crippen LogP contribution in [0, 0.1) is 5.41 Å². The number of unbranched alkanes of at least 4 members (excludes halogenated alkanes) is 22. The molecule has 0 N–H and O–H groups in total. The Kier molecular flexibility index (Phi) is 135. The molecule has 0 aromatic carbocycles. The molecule has 0 amide bonds. The van der Waals surface area contributed by atoms with Crippen LogP contribution in [-0.2, 0) is 66.7 Å². The highest BCUT2D eigenvalue weighted by atomic mass is 16.5. The smallest absolute Gasteiger partial charge is 0.305 e. The number of carbonyl (C=O) groups excluding carboxylic acids is 7. The minimum Gasteiger partial charge on any atom is -0.468 e. The van der Waals surface area contributed by atoms with Crippen molar-refractivity contribution in [1.82, 2.24) is 4.90 Å². The van der Waals surface area contributed by atoms with E-state index in [4.69, 9.17) is 23.7 Å². The molecule has 1 rings (SSSR count). The van der Waals surface area contributed by atoms with Gasteiger partial charge >= 0.3 is 5.97 Å². The SMILES string of the molecule is CCC.CCC=O.CCC=O.CCCC=O.CCCC=O.CCCCCCCCOC.CCCCCCCCOC.CCCCCCCCOC(=O)CC.CCCCCCCCOC=O.CN1CC(OC=O)C1.COCC(C)(C)COC. The molecule has 0 aliphatic carbocycles. The lowest BCUT2D eigenvalue weighted by Gasteiger charge is -2.33. The van der Waals surface area contributed by atoms with Crippen LogP contribution in [0.2, 0.25) is 0 Å². The number of methoxy groups -OCH3 is 4. The van der Waals surface area contributed by atoms with Gasteiger partial charge in [0.05, 0.1) is 26.4 Å². The number of likely N-dealkylation sites (tertiary alicyclic amines) is 1. The quantitative estimate of drug-likeness (QED) is 0.0243. The molecule has 498 valence electrons. The lowest BCUT2D eigenvalue weighted by molar-refractivity contribution is -0.143. The van der Waals surface area contributed by atoms with Crippen LogP contribution in [0.5, 0.6) is 0 Å².